The minimum absolute atomic E-state index is 0.00352. The number of hydrogen-bond donors (Lipinski definition) is 1. The first-order chi connectivity index (χ1) is 9.58. The molecule has 0 aliphatic carbocycles. The van der Waals surface area contributed by atoms with Gasteiger partial charge in [0, 0.05) is 7.05 Å². The number of aryl methyl sites for hydroxylation is 2. The van der Waals surface area contributed by atoms with E-state index in [1.165, 1.54) is 17.3 Å². The van der Waals surface area contributed by atoms with E-state index in [1.54, 1.807) is 10.9 Å². The normalized spacial score (nSPS) is 12.2. The molecule has 2 aromatic rings. The topological polar surface area (TPSA) is 59.8 Å². The molecule has 5 nitrogen and oxygen atoms in total. The van der Waals surface area contributed by atoms with Crippen LogP contribution in [0.1, 0.15) is 24.1 Å². The Hall–Kier alpha value is -1.82. The second kappa shape index (κ2) is 6.56. The molecule has 0 saturated heterocycles. The van der Waals surface area contributed by atoms with Crippen molar-refractivity contribution in [3.63, 3.8) is 0 Å². The molecule has 106 valence electrons. The molecule has 0 saturated carbocycles. The van der Waals surface area contributed by atoms with Crippen LogP contribution in [0.25, 0.3) is 0 Å². The molecule has 0 bridgehead atoms. The predicted molar refractivity (Wildman–Crippen MR) is 79.5 cm³/mol. The molecule has 0 aliphatic heterocycles. The molecule has 1 N–H and O–H groups in total. The number of aromatic nitrogens is 3. The third kappa shape index (κ3) is 3.60. The van der Waals surface area contributed by atoms with Crippen LogP contribution in [-0.4, -0.2) is 26.4 Å². The number of nitrogens with one attached hydrogen (secondary N) is 1. The summed E-state index contributed by atoms with van der Waals surface area (Å²) in [7, 11) is 1.86. The molecule has 0 radical (unpaired) electrons. The third-order valence-electron chi connectivity index (χ3n) is 3.03. The van der Waals surface area contributed by atoms with Crippen LogP contribution in [0, 0.1) is 6.92 Å². The first kappa shape index (κ1) is 14.6. The van der Waals surface area contributed by atoms with Gasteiger partial charge in [-0.3, -0.25) is 4.79 Å². The Bertz CT molecular complexity index is 596. The SMILES string of the molecule is Cc1ccccc1C(C)NC(=O)CSc1nncn1C. The van der Waals surface area contributed by atoms with Gasteiger partial charge in [0.25, 0.3) is 0 Å². The lowest BCUT2D eigenvalue weighted by molar-refractivity contribution is -0.119. The molecule has 1 aromatic carbocycles. The second-order valence-electron chi connectivity index (χ2n) is 4.66. The van der Waals surface area contributed by atoms with Gasteiger partial charge in [-0.15, -0.1) is 10.2 Å². The summed E-state index contributed by atoms with van der Waals surface area (Å²) < 4.78 is 1.79. The summed E-state index contributed by atoms with van der Waals surface area (Å²) in [4.78, 5) is 12.0. The Morgan fingerprint density at radius 2 is 2.20 bits per heavy atom. The number of thioether (sulfide) groups is 1. The summed E-state index contributed by atoms with van der Waals surface area (Å²) in [6.07, 6.45) is 1.62. The van der Waals surface area contributed by atoms with Gasteiger partial charge in [-0.05, 0) is 25.0 Å². The van der Waals surface area contributed by atoms with Gasteiger partial charge in [-0.1, -0.05) is 36.0 Å². The monoisotopic (exact) mass is 290 g/mol. The zero-order chi connectivity index (χ0) is 14.5. The molecule has 1 aromatic heterocycles. The standard InChI is InChI=1S/C14H18N4OS/c1-10-6-4-5-7-12(10)11(2)16-13(19)8-20-14-17-15-9-18(14)3/h4-7,9,11H,8H2,1-3H3,(H,16,19). The zero-order valence-electron chi connectivity index (χ0n) is 11.8. The minimum Gasteiger partial charge on any atom is -0.349 e. The number of amides is 1. The number of benzene rings is 1. The third-order valence-corrected chi connectivity index (χ3v) is 4.07. The summed E-state index contributed by atoms with van der Waals surface area (Å²) >= 11 is 1.38. The fourth-order valence-corrected chi connectivity index (χ4v) is 2.67. The first-order valence-electron chi connectivity index (χ1n) is 6.39. The Balaban J connectivity index is 1.88. The van der Waals surface area contributed by atoms with Crippen molar-refractivity contribution in [2.75, 3.05) is 5.75 Å². The van der Waals surface area contributed by atoms with Gasteiger partial charge >= 0.3 is 0 Å². The molecule has 1 unspecified atom stereocenters. The molecule has 0 aliphatic rings. The lowest BCUT2D eigenvalue weighted by Crippen LogP contribution is -2.28. The lowest BCUT2D eigenvalue weighted by Gasteiger charge is -2.16. The number of carbonyl (C=O) groups excluding carboxylic acids is 1. The van der Waals surface area contributed by atoms with Crippen LogP contribution in [0.4, 0.5) is 0 Å². The van der Waals surface area contributed by atoms with Crippen LogP contribution in [-0.2, 0) is 11.8 Å². The maximum atomic E-state index is 12.0. The molecule has 20 heavy (non-hydrogen) atoms. The summed E-state index contributed by atoms with van der Waals surface area (Å²) in [5, 5.41) is 11.5. The van der Waals surface area contributed by atoms with Gasteiger partial charge < -0.3 is 9.88 Å². The summed E-state index contributed by atoms with van der Waals surface area (Å²) in [5.41, 5.74) is 2.32. The van der Waals surface area contributed by atoms with Crippen molar-refractivity contribution >= 4 is 17.7 Å². The molecule has 1 amide bonds. The number of carbonyl (C=O) groups is 1. The van der Waals surface area contributed by atoms with Crippen molar-refractivity contribution in [2.24, 2.45) is 7.05 Å². The van der Waals surface area contributed by atoms with E-state index >= 15 is 0 Å². The second-order valence-corrected chi connectivity index (χ2v) is 5.60. The Morgan fingerprint density at radius 3 is 2.85 bits per heavy atom. The van der Waals surface area contributed by atoms with E-state index in [-0.39, 0.29) is 11.9 Å². The quantitative estimate of drug-likeness (QED) is 0.857. The van der Waals surface area contributed by atoms with Crippen LogP contribution in [0.3, 0.4) is 0 Å². The maximum absolute atomic E-state index is 12.0. The highest BCUT2D eigenvalue weighted by Gasteiger charge is 2.12. The molecule has 0 spiro atoms. The highest BCUT2D eigenvalue weighted by molar-refractivity contribution is 7.99. The van der Waals surface area contributed by atoms with Crippen molar-refractivity contribution in [3.05, 3.63) is 41.7 Å². The average Bonchev–Trinajstić information content (AvgIpc) is 2.82. The fraction of sp³-hybridized carbons (Fsp3) is 0.357. The van der Waals surface area contributed by atoms with Gasteiger partial charge in [-0.2, -0.15) is 0 Å². The van der Waals surface area contributed by atoms with Crippen molar-refractivity contribution in [1.29, 1.82) is 0 Å². The first-order valence-corrected chi connectivity index (χ1v) is 7.38. The summed E-state index contributed by atoms with van der Waals surface area (Å²) in [6.45, 7) is 4.04. The Morgan fingerprint density at radius 1 is 1.45 bits per heavy atom. The van der Waals surface area contributed by atoms with E-state index in [1.807, 2.05) is 45.2 Å². The largest absolute Gasteiger partial charge is 0.349 e. The van der Waals surface area contributed by atoms with Crippen LogP contribution in [0.15, 0.2) is 35.7 Å². The molecule has 6 heteroatoms. The van der Waals surface area contributed by atoms with Crippen molar-refractivity contribution in [1.82, 2.24) is 20.1 Å². The van der Waals surface area contributed by atoms with Crippen molar-refractivity contribution < 1.29 is 4.79 Å². The highest BCUT2D eigenvalue weighted by atomic mass is 32.2. The van der Waals surface area contributed by atoms with Crippen molar-refractivity contribution in [2.45, 2.75) is 25.0 Å². The zero-order valence-corrected chi connectivity index (χ0v) is 12.6. The predicted octanol–water partition coefficient (Wildman–Crippen LogP) is 2.09. The Labute approximate surface area is 122 Å². The molecule has 1 atom stereocenters. The number of rotatable bonds is 5. The minimum atomic E-state index is -0.00578. The lowest BCUT2D eigenvalue weighted by atomic mass is 10.0. The average molecular weight is 290 g/mol. The smallest absolute Gasteiger partial charge is 0.230 e. The summed E-state index contributed by atoms with van der Waals surface area (Å²) in [5.74, 6) is 0.330. The van der Waals surface area contributed by atoms with Crippen LogP contribution < -0.4 is 5.32 Å². The van der Waals surface area contributed by atoms with Crippen molar-refractivity contribution in [3.8, 4) is 0 Å². The van der Waals surface area contributed by atoms with Crippen LogP contribution in [0.5, 0.6) is 0 Å². The number of hydrogen-bond acceptors (Lipinski definition) is 4. The van der Waals surface area contributed by atoms with Gasteiger partial charge in [0.2, 0.25) is 5.91 Å². The molecular formula is C14H18N4OS. The highest BCUT2D eigenvalue weighted by Crippen LogP contribution is 2.18. The fourth-order valence-electron chi connectivity index (χ4n) is 1.97. The van der Waals surface area contributed by atoms with E-state index in [4.69, 9.17) is 0 Å². The van der Waals surface area contributed by atoms with Crippen LogP contribution >= 0.6 is 11.8 Å². The van der Waals surface area contributed by atoms with E-state index < -0.39 is 0 Å². The van der Waals surface area contributed by atoms with Gasteiger partial charge in [0.05, 0.1) is 11.8 Å². The van der Waals surface area contributed by atoms with E-state index in [9.17, 15) is 4.79 Å². The number of nitrogens with zero attached hydrogens (tertiary/aromatic N) is 3. The van der Waals surface area contributed by atoms with E-state index in [2.05, 4.69) is 15.5 Å². The van der Waals surface area contributed by atoms with Crippen LogP contribution in [0.2, 0.25) is 0 Å². The van der Waals surface area contributed by atoms with Gasteiger partial charge in [0.1, 0.15) is 6.33 Å². The van der Waals surface area contributed by atoms with Gasteiger partial charge in [-0.25, -0.2) is 0 Å². The maximum Gasteiger partial charge on any atom is 0.230 e. The molecular weight excluding hydrogens is 272 g/mol. The van der Waals surface area contributed by atoms with Gasteiger partial charge in [0.15, 0.2) is 5.16 Å². The Kier molecular flexibility index (Phi) is 4.79. The summed E-state index contributed by atoms with van der Waals surface area (Å²) in [6, 6.07) is 8.07. The molecule has 2 rings (SSSR count). The van der Waals surface area contributed by atoms with E-state index in [0.29, 0.717) is 5.75 Å². The van der Waals surface area contributed by atoms with E-state index in [0.717, 1.165) is 10.7 Å². The molecule has 0 fully saturated rings. The molecule has 1 heterocycles.